The third kappa shape index (κ3) is 5.22. The topological polar surface area (TPSA) is 49.3 Å². The molecule has 2 heterocycles. The molecule has 168 valence electrons. The second kappa shape index (κ2) is 11.0. The number of likely N-dealkylation sites (tertiary alicyclic amines) is 1. The maximum absolute atomic E-state index is 5.52. The lowest BCUT2D eigenvalue weighted by molar-refractivity contribution is 0.0195. The molecular weight excluding hydrogens is 491 g/mol. The van der Waals surface area contributed by atoms with E-state index in [1.807, 2.05) is 13.1 Å². The molecule has 1 aromatic carbocycles. The van der Waals surface area contributed by atoms with Crippen molar-refractivity contribution in [2.24, 2.45) is 4.99 Å². The number of nitrogens with one attached hydrogen (secondary N) is 1. The van der Waals surface area contributed by atoms with Gasteiger partial charge in [0.25, 0.3) is 0 Å². The van der Waals surface area contributed by atoms with Crippen LogP contribution in [-0.2, 0) is 10.2 Å². The van der Waals surface area contributed by atoms with E-state index in [0.29, 0.717) is 6.04 Å². The van der Waals surface area contributed by atoms with Crippen LogP contribution < -0.4 is 10.1 Å². The Labute approximate surface area is 198 Å². The predicted octanol–water partition coefficient (Wildman–Crippen LogP) is 3.11. The predicted molar refractivity (Wildman–Crippen MR) is 132 cm³/mol. The second-order valence-electron chi connectivity index (χ2n) is 8.66. The van der Waals surface area contributed by atoms with Gasteiger partial charge in [-0.25, -0.2) is 0 Å². The minimum Gasteiger partial charge on any atom is -0.497 e. The van der Waals surface area contributed by atoms with Gasteiger partial charge in [0, 0.05) is 51.2 Å². The van der Waals surface area contributed by atoms with Crippen LogP contribution in [0.15, 0.2) is 29.3 Å². The SMILES string of the molecule is CN=C(NCC1(c2cccc(OC)c2)CCCC1)N1CCC(N2CCOCC2)C1.I. The number of methoxy groups -OCH3 is 1. The summed E-state index contributed by atoms with van der Waals surface area (Å²) in [6.07, 6.45) is 6.24. The lowest BCUT2D eigenvalue weighted by Crippen LogP contribution is -2.48. The molecule has 4 rings (SSSR count). The van der Waals surface area contributed by atoms with Crippen LogP contribution in [0.1, 0.15) is 37.7 Å². The lowest BCUT2D eigenvalue weighted by Gasteiger charge is -2.34. The zero-order chi connectivity index (χ0) is 20.1. The van der Waals surface area contributed by atoms with Crippen molar-refractivity contribution in [1.82, 2.24) is 15.1 Å². The fourth-order valence-corrected chi connectivity index (χ4v) is 5.33. The van der Waals surface area contributed by atoms with Gasteiger partial charge in [0.15, 0.2) is 5.96 Å². The van der Waals surface area contributed by atoms with E-state index in [4.69, 9.17) is 9.47 Å². The van der Waals surface area contributed by atoms with Crippen molar-refractivity contribution < 1.29 is 9.47 Å². The molecule has 0 radical (unpaired) electrons. The third-order valence-electron chi connectivity index (χ3n) is 7.06. The summed E-state index contributed by atoms with van der Waals surface area (Å²) in [5.41, 5.74) is 1.57. The van der Waals surface area contributed by atoms with Gasteiger partial charge in [-0.1, -0.05) is 25.0 Å². The highest BCUT2D eigenvalue weighted by Crippen LogP contribution is 2.41. The first-order valence-corrected chi connectivity index (χ1v) is 11.2. The number of guanidine groups is 1. The fraction of sp³-hybridized carbons (Fsp3) is 0.696. The highest BCUT2D eigenvalue weighted by Gasteiger charge is 2.37. The number of halogens is 1. The summed E-state index contributed by atoms with van der Waals surface area (Å²) in [6.45, 7) is 6.93. The van der Waals surface area contributed by atoms with Crippen molar-refractivity contribution in [3.05, 3.63) is 29.8 Å². The number of nitrogens with zero attached hydrogens (tertiary/aromatic N) is 3. The molecule has 7 heteroatoms. The standard InChI is InChI=1S/C23H36N4O2.HI/c1-24-22(27-11-8-20(17-27)26-12-14-29-15-13-26)25-18-23(9-3-4-10-23)19-6-5-7-21(16-19)28-2;/h5-7,16,20H,3-4,8-15,17-18H2,1-2H3,(H,24,25);1H. The van der Waals surface area contributed by atoms with Crippen LogP contribution in [0.4, 0.5) is 0 Å². The van der Waals surface area contributed by atoms with Crippen LogP contribution in [0.3, 0.4) is 0 Å². The summed E-state index contributed by atoms with van der Waals surface area (Å²) in [4.78, 5) is 9.66. The van der Waals surface area contributed by atoms with E-state index in [0.717, 1.165) is 57.6 Å². The van der Waals surface area contributed by atoms with Crippen LogP contribution in [0.5, 0.6) is 5.75 Å². The minimum absolute atomic E-state index is 0. The van der Waals surface area contributed by atoms with Gasteiger partial charge in [0.2, 0.25) is 0 Å². The Hall–Kier alpha value is -1.06. The lowest BCUT2D eigenvalue weighted by atomic mass is 9.78. The quantitative estimate of drug-likeness (QED) is 0.362. The highest BCUT2D eigenvalue weighted by molar-refractivity contribution is 14.0. The monoisotopic (exact) mass is 528 g/mol. The van der Waals surface area contributed by atoms with E-state index in [9.17, 15) is 0 Å². The Morgan fingerprint density at radius 3 is 2.70 bits per heavy atom. The van der Waals surface area contributed by atoms with Crippen molar-refractivity contribution in [1.29, 1.82) is 0 Å². The van der Waals surface area contributed by atoms with Crippen LogP contribution in [0.2, 0.25) is 0 Å². The van der Waals surface area contributed by atoms with Gasteiger partial charge in [0.1, 0.15) is 5.75 Å². The average molecular weight is 528 g/mol. The molecule has 1 N–H and O–H groups in total. The minimum atomic E-state index is 0. The maximum atomic E-state index is 5.52. The molecule has 6 nitrogen and oxygen atoms in total. The smallest absolute Gasteiger partial charge is 0.193 e. The van der Waals surface area contributed by atoms with Crippen LogP contribution >= 0.6 is 24.0 Å². The Morgan fingerprint density at radius 2 is 2.00 bits per heavy atom. The Balaban J connectivity index is 0.00000256. The molecule has 1 aromatic rings. The first-order valence-electron chi connectivity index (χ1n) is 11.2. The van der Waals surface area contributed by atoms with E-state index < -0.39 is 0 Å². The van der Waals surface area contributed by atoms with E-state index in [1.54, 1.807) is 7.11 Å². The van der Waals surface area contributed by atoms with Crippen molar-refractivity contribution in [3.63, 3.8) is 0 Å². The molecule has 0 spiro atoms. The van der Waals surface area contributed by atoms with Gasteiger partial charge in [-0.15, -0.1) is 24.0 Å². The van der Waals surface area contributed by atoms with Crippen molar-refractivity contribution in [2.45, 2.75) is 43.6 Å². The van der Waals surface area contributed by atoms with Crippen LogP contribution in [0, 0.1) is 0 Å². The zero-order valence-corrected chi connectivity index (χ0v) is 20.8. The number of hydrogen-bond donors (Lipinski definition) is 1. The molecule has 1 unspecified atom stereocenters. The molecule has 30 heavy (non-hydrogen) atoms. The van der Waals surface area contributed by atoms with E-state index in [-0.39, 0.29) is 29.4 Å². The Kier molecular flexibility index (Phi) is 8.65. The normalized spacial score (nSPS) is 24.5. The van der Waals surface area contributed by atoms with Gasteiger partial charge < -0.3 is 19.7 Å². The summed E-state index contributed by atoms with van der Waals surface area (Å²) in [5, 5.41) is 3.75. The highest BCUT2D eigenvalue weighted by atomic mass is 127. The number of morpholine rings is 1. The molecule has 1 atom stereocenters. The molecule has 3 fully saturated rings. The maximum Gasteiger partial charge on any atom is 0.193 e. The summed E-state index contributed by atoms with van der Waals surface area (Å²) in [6, 6.07) is 9.27. The van der Waals surface area contributed by atoms with Gasteiger partial charge in [-0.3, -0.25) is 9.89 Å². The average Bonchev–Trinajstić information content (AvgIpc) is 3.46. The molecule has 0 bridgehead atoms. The second-order valence-corrected chi connectivity index (χ2v) is 8.66. The molecule has 2 aliphatic heterocycles. The molecular formula is C23H37IN4O2. The number of benzene rings is 1. The van der Waals surface area contributed by atoms with Crippen LogP contribution in [0.25, 0.3) is 0 Å². The fourth-order valence-electron chi connectivity index (χ4n) is 5.33. The summed E-state index contributed by atoms with van der Waals surface area (Å²) >= 11 is 0. The molecule has 3 aliphatic rings. The van der Waals surface area contributed by atoms with E-state index in [1.165, 1.54) is 37.7 Å². The van der Waals surface area contributed by atoms with E-state index >= 15 is 0 Å². The number of aliphatic imine (C=N–C) groups is 1. The number of ether oxygens (including phenoxy) is 2. The zero-order valence-electron chi connectivity index (χ0n) is 18.4. The number of hydrogen-bond acceptors (Lipinski definition) is 4. The largest absolute Gasteiger partial charge is 0.497 e. The summed E-state index contributed by atoms with van der Waals surface area (Å²) in [7, 11) is 3.66. The van der Waals surface area contributed by atoms with Crippen molar-refractivity contribution in [2.75, 3.05) is 60.1 Å². The first-order chi connectivity index (χ1) is 14.2. The third-order valence-corrected chi connectivity index (χ3v) is 7.06. The Morgan fingerprint density at radius 1 is 1.23 bits per heavy atom. The summed E-state index contributed by atoms with van der Waals surface area (Å²) < 4.78 is 11.0. The van der Waals surface area contributed by atoms with Gasteiger partial charge in [-0.05, 0) is 37.0 Å². The summed E-state index contributed by atoms with van der Waals surface area (Å²) in [5.74, 6) is 2.00. The molecule has 0 amide bonds. The van der Waals surface area contributed by atoms with E-state index in [2.05, 4.69) is 38.3 Å². The van der Waals surface area contributed by atoms with Gasteiger partial charge in [0.05, 0.1) is 20.3 Å². The van der Waals surface area contributed by atoms with Gasteiger partial charge in [-0.2, -0.15) is 0 Å². The molecule has 1 aliphatic carbocycles. The Bertz CT molecular complexity index is 702. The first kappa shape index (κ1) is 23.6. The number of rotatable bonds is 5. The van der Waals surface area contributed by atoms with Crippen molar-refractivity contribution in [3.8, 4) is 5.75 Å². The van der Waals surface area contributed by atoms with Crippen LogP contribution in [-0.4, -0.2) is 81.9 Å². The van der Waals surface area contributed by atoms with Gasteiger partial charge >= 0.3 is 0 Å². The molecule has 1 saturated carbocycles. The molecule has 0 aromatic heterocycles. The van der Waals surface area contributed by atoms with Crippen molar-refractivity contribution >= 4 is 29.9 Å². The molecule has 2 saturated heterocycles.